The lowest BCUT2D eigenvalue weighted by Gasteiger charge is -2.33. The topological polar surface area (TPSA) is 112 Å². The Morgan fingerprint density at radius 3 is 1.96 bits per heavy atom. The highest BCUT2D eigenvalue weighted by Crippen LogP contribution is 2.46. The number of hydrogen-bond donors (Lipinski definition) is 0. The van der Waals surface area contributed by atoms with E-state index in [1.807, 2.05) is 13.0 Å². The second kappa shape index (κ2) is 10.3. The highest BCUT2D eigenvalue weighted by atomic mass is 16.5. The monoisotopic (exact) mass is 602 g/mol. The molecule has 0 fully saturated rings. The summed E-state index contributed by atoms with van der Waals surface area (Å²) in [5.41, 5.74) is 3.11. The Labute approximate surface area is 263 Å². The van der Waals surface area contributed by atoms with Crippen molar-refractivity contribution in [2.24, 2.45) is 0 Å². The normalized spacial score (nSPS) is 13.6. The van der Waals surface area contributed by atoms with E-state index < -0.39 is 23.6 Å². The number of nitrogens with zero attached hydrogens (tertiary/aromatic N) is 4. The van der Waals surface area contributed by atoms with E-state index in [9.17, 15) is 24.4 Å². The summed E-state index contributed by atoms with van der Waals surface area (Å²) in [6.45, 7) is 13.2. The average Bonchev–Trinajstić information content (AvgIpc) is 3.04. The number of imide groups is 2. The molecule has 0 N–H and O–H groups in total. The summed E-state index contributed by atoms with van der Waals surface area (Å²) in [4.78, 5) is 62.3. The van der Waals surface area contributed by atoms with Gasteiger partial charge in [0, 0.05) is 21.9 Å². The lowest BCUT2D eigenvalue weighted by molar-refractivity contribution is 0.0872. The van der Waals surface area contributed by atoms with Gasteiger partial charge >= 0.3 is 0 Å². The number of rotatable bonds is 4. The minimum Gasteiger partial charge on any atom is -0.456 e. The molecule has 0 aliphatic carbocycles. The largest absolute Gasteiger partial charge is 0.456 e. The fourth-order valence-corrected chi connectivity index (χ4v) is 6.11. The Bertz CT molecular complexity index is 2340. The molecule has 0 atom stereocenters. The second-order valence-electron chi connectivity index (χ2n) is 11.3. The molecule has 0 radical (unpaired) electrons. The standard InChI is InChI=1S/C37H22N4O5/c1-19-6-5-7-23(15-19)46-30-17-26-31-24(34(42)41(36(26)44)29-13-9-21(3)16-27(29)39-4)10-11-25-32(31)33(30)37(45)40(35(25)43)28-12-8-20(2)14-22(28)18-38/h5-17H,1-3H3. The fourth-order valence-electron chi connectivity index (χ4n) is 6.11. The van der Waals surface area contributed by atoms with Crippen LogP contribution in [0.5, 0.6) is 11.5 Å². The van der Waals surface area contributed by atoms with Crippen LogP contribution in [0, 0.1) is 38.7 Å². The molecule has 46 heavy (non-hydrogen) atoms. The SMILES string of the molecule is [C-]#[N+]c1cc(C)ccc1N1C(=O)c2ccc3c4c(c(Oc5cccc(C)c5)cc(c24)C1=O)C(=O)N(c1ccc(C)cc1C#N)C3=O. The van der Waals surface area contributed by atoms with Crippen molar-refractivity contribution in [1.82, 2.24) is 0 Å². The van der Waals surface area contributed by atoms with Gasteiger partial charge in [0.1, 0.15) is 17.6 Å². The summed E-state index contributed by atoms with van der Waals surface area (Å²) in [6.07, 6.45) is 0. The van der Waals surface area contributed by atoms with Crippen LogP contribution in [0.3, 0.4) is 0 Å². The summed E-state index contributed by atoms with van der Waals surface area (Å²) in [7, 11) is 0. The van der Waals surface area contributed by atoms with Crippen LogP contribution < -0.4 is 14.5 Å². The van der Waals surface area contributed by atoms with Crippen LogP contribution >= 0.6 is 0 Å². The van der Waals surface area contributed by atoms with E-state index >= 15 is 0 Å². The fraction of sp³-hybridized carbons (Fsp3) is 0.0811. The molecule has 4 amide bonds. The third-order valence-electron chi connectivity index (χ3n) is 8.19. The smallest absolute Gasteiger partial charge is 0.269 e. The zero-order valence-corrected chi connectivity index (χ0v) is 24.8. The van der Waals surface area contributed by atoms with Crippen LogP contribution in [-0.2, 0) is 0 Å². The predicted octanol–water partition coefficient (Wildman–Crippen LogP) is 7.58. The molecule has 0 unspecified atom stereocenters. The molecule has 2 aliphatic rings. The quantitative estimate of drug-likeness (QED) is 0.155. The Morgan fingerprint density at radius 1 is 0.674 bits per heavy atom. The van der Waals surface area contributed by atoms with Crippen molar-refractivity contribution >= 4 is 51.5 Å². The molecule has 9 nitrogen and oxygen atoms in total. The Morgan fingerprint density at radius 2 is 1.28 bits per heavy atom. The number of ether oxygens (including phenoxy) is 1. The molecule has 220 valence electrons. The lowest BCUT2D eigenvalue weighted by atomic mass is 9.84. The average molecular weight is 603 g/mol. The lowest BCUT2D eigenvalue weighted by Crippen LogP contribution is -2.44. The van der Waals surface area contributed by atoms with E-state index in [0.29, 0.717) is 5.75 Å². The van der Waals surface area contributed by atoms with Crippen molar-refractivity contribution in [2.75, 3.05) is 9.80 Å². The van der Waals surface area contributed by atoms with Gasteiger partial charge in [-0.25, -0.2) is 9.74 Å². The van der Waals surface area contributed by atoms with Gasteiger partial charge < -0.3 is 4.74 Å². The van der Waals surface area contributed by atoms with Gasteiger partial charge in [0.15, 0.2) is 0 Å². The van der Waals surface area contributed by atoms with Crippen molar-refractivity contribution in [3.05, 3.63) is 135 Å². The first-order valence-corrected chi connectivity index (χ1v) is 14.3. The maximum absolute atomic E-state index is 14.4. The van der Waals surface area contributed by atoms with Crippen molar-refractivity contribution in [3.63, 3.8) is 0 Å². The first-order chi connectivity index (χ1) is 22.1. The second-order valence-corrected chi connectivity index (χ2v) is 11.3. The van der Waals surface area contributed by atoms with Gasteiger partial charge in [-0.15, -0.1) is 0 Å². The maximum Gasteiger partial charge on any atom is 0.269 e. The summed E-state index contributed by atoms with van der Waals surface area (Å²) < 4.78 is 6.30. The predicted molar refractivity (Wildman–Crippen MR) is 171 cm³/mol. The van der Waals surface area contributed by atoms with Gasteiger partial charge in [0.2, 0.25) is 5.69 Å². The van der Waals surface area contributed by atoms with Crippen molar-refractivity contribution in [1.29, 1.82) is 5.26 Å². The molecule has 0 saturated heterocycles. The molecule has 0 aromatic heterocycles. The number of nitriles is 1. The summed E-state index contributed by atoms with van der Waals surface area (Å²) in [5, 5.41) is 10.2. The zero-order valence-electron chi connectivity index (χ0n) is 24.8. The molecule has 9 heteroatoms. The van der Waals surface area contributed by atoms with Gasteiger partial charge in [0.05, 0.1) is 34.6 Å². The molecule has 0 spiro atoms. The minimum absolute atomic E-state index is 0.00317. The molecule has 7 rings (SSSR count). The van der Waals surface area contributed by atoms with Gasteiger partial charge in [-0.3, -0.25) is 24.1 Å². The van der Waals surface area contributed by atoms with Gasteiger partial charge in [-0.1, -0.05) is 35.9 Å². The molecule has 5 aromatic rings. The molecular weight excluding hydrogens is 580 g/mol. The van der Waals surface area contributed by atoms with Crippen LogP contribution in [0.2, 0.25) is 0 Å². The first-order valence-electron chi connectivity index (χ1n) is 14.3. The van der Waals surface area contributed by atoms with Crippen LogP contribution in [-0.4, -0.2) is 23.6 Å². The van der Waals surface area contributed by atoms with E-state index in [1.54, 1.807) is 68.4 Å². The number of aryl methyl sites for hydroxylation is 3. The number of carbonyl (C=O) groups excluding carboxylic acids is 4. The third kappa shape index (κ3) is 4.07. The van der Waals surface area contributed by atoms with Gasteiger partial charge in [-0.05, 0) is 80.4 Å². The van der Waals surface area contributed by atoms with Crippen molar-refractivity contribution in [3.8, 4) is 17.6 Å². The van der Waals surface area contributed by atoms with Crippen LogP contribution in [0.15, 0.2) is 78.9 Å². The van der Waals surface area contributed by atoms with Crippen LogP contribution in [0.4, 0.5) is 17.1 Å². The number of hydrogen-bond acceptors (Lipinski definition) is 6. The van der Waals surface area contributed by atoms with Gasteiger partial charge in [0.25, 0.3) is 23.6 Å². The Hall–Kier alpha value is -6.58. The molecule has 2 aliphatic heterocycles. The molecule has 5 aromatic carbocycles. The molecular formula is C37H22N4O5. The number of benzene rings is 5. The van der Waals surface area contributed by atoms with Crippen molar-refractivity contribution in [2.45, 2.75) is 20.8 Å². The Kier molecular flexibility index (Phi) is 6.29. The molecule has 0 bridgehead atoms. The van der Waals surface area contributed by atoms with E-state index in [1.165, 1.54) is 18.2 Å². The van der Waals surface area contributed by atoms with E-state index in [2.05, 4.69) is 10.9 Å². The highest BCUT2D eigenvalue weighted by Gasteiger charge is 2.43. The number of amides is 4. The first kappa shape index (κ1) is 28.2. The Balaban J connectivity index is 1.52. The van der Waals surface area contributed by atoms with Gasteiger partial charge in [-0.2, -0.15) is 5.26 Å². The highest BCUT2D eigenvalue weighted by molar-refractivity contribution is 6.43. The summed E-state index contributed by atoms with van der Waals surface area (Å²) >= 11 is 0. The maximum atomic E-state index is 14.4. The zero-order chi connectivity index (χ0) is 32.4. The molecule has 0 saturated carbocycles. The number of carbonyl (C=O) groups is 4. The van der Waals surface area contributed by atoms with Crippen LogP contribution in [0.25, 0.3) is 15.6 Å². The van der Waals surface area contributed by atoms with E-state index in [0.717, 1.165) is 26.5 Å². The third-order valence-corrected chi connectivity index (χ3v) is 8.19. The van der Waals surface area contributed by atoms with E-state index in [-0.39, 0.29) is 61.4 Å². The van der Waals surface area contributed by atoms with Crippen LogP contribution in [0.1, 0.15) is 63.7 Å². The van der Waals surface area contributed by atoms with E-state index in [4.69, 9.17) is 11.3 Å². The van der Waals surface area contributed by atoms with Crippen molar-refractivity contribution < 1.29 is 23.9 Å². The molecule has 2 heterocycles. The minimum atomic E-state index is -0.764. The summed E-state index contributed by atoms with van der Waals surface area (Å²) in [6, 6.07) is 23.2. The summed E-state index contributed by atoms with van der Waals surface area (Å²) in [5.74, 6) is -2.51. The number of anilines is 2.